The maximum atomic E-state index is 12.5. The number of benzene rings is 1. The first-order valence-electron chi connectivity index (χ1n) is 4.54. The lowest BCUT2D eigenvalue weighted by Crippen LogP contribution is -2.39. The highest BCUT2D eigenvalue weighted by Gasteiger charge is 2.46. The molecule has 0 N–H and O–H groups in total. The molecule has 0 aliphatic carbocycles. The van der Waals surface area contributed by atoms with Crippen LogP contribution in [0.15, 0.2) is 21.1 Å². The van der Waals surface area contributed by atoms with Crippen LogP contribution < -0.4 is 4.74 Å². The van der Waals surface area contributed by atoms with Gasteiger partial charge in [0.05, 0.1) is 16.5 Å². The van der Waals surface area contributed by atoms with E-state index in [0.717, 1.165) is 0 Å². The minimum Gasteiger partial charge on any atom is -0.479 e. The summed E-state index contributed by atoms with van der Waals surface area (Å²) in [6.45, 7) is 0. The van der Waals surface area contributed by atoms with Crippen molar-refractivity contribution in [2.45, 2.75) is 18.7 Å². The molecule has 2 rings (SSSR count). The Morgan fingerprint density at radius 1 is 1.29 bits per heavy atom. The van der Waals surface area contributed by atoms with Crippen molar-refractivity contribution in [3.8, 4) is 5.75 Å². The van der Waals surface area contributed by atoms with Gasteiger partial charge >= 0.3 is 6.18 Å². The molecule has 1 atom stereocenters. The third-order valence-electron chi connectivity index (χ3n) is 2.30. The summed E-state index contributed by atoms with van der Waals surface area (Å²) >= 11 is 6.24. The maximum Gasteiger partial charge on any atom is 0.425 e. The average molecular weight is 374 g/mol. The molecule has 7 heteroatoms. The topological polar surface area (TPSA) is 26.3 Å². The third-order valence-corrected chi connectivity index (χ3v) is 3.35. The number of hydrogen-bond donors (Lipinski definition) is 0. The fourth-order valence-electron chi connectivity index (χ4n) is 1.53. The van der Waals surface area contributed by atoms with Crippen LogP contribution in [0.3, 0.4) is 0 Å². The minimum absolute atomic E-state index is 0.0493. The molecule has 1 heterocycles. The summed E-state index contributed by atoms with van der Waals surface area (Å²) in [4.78, 5) is 11.6. The second kappa shape index (κ2) is 4.28. The lowest BCUT2D eigenvalue weighted by molar-refractivity contribution is -0.195. The first-order valence-corrected chi connectivity index (χ1v) is 6.13. The summed E-state index contributed by atoms with van der Waals surface area (Å²) in [6.07, 6.45) is -7.29. The first kappa shape index (κ1) is 12.9. The van der Waals surface area contributed by atoms with Crippen molar-refractivity contribution < 1.29 is 22.7 Å². The highest BCUT2D eigenvalue weighted by molar-refractivity contribution is 9.11. The molecule has 17 heavy (non-hydrogen) atoms. The summed E-state index contributed by atoms with van der Waals surface area (Å²) in [5, 5.41) is 0. The highest BCUT2D eigenvalue weighted by Crippen LogP contribution is 2.40. The van der Waals surface area contributed by atoms with E-state index in [1.165, 1.54) is 12.1 Å². The van der Waals surface area contributed by atoms with Gasteiger partial charge in [-0.15, -0.1) is 0 Å². The summed E-state index contributed by atoms with van der Waals surface area (Å²) in [5.41, 5.74) is 0.159. The fraction of sp³-hybridized carbons (Fsp3) is 0.300. The number of Topliss-reactive ketones (excluding diaryl/α,β-unsaturated/α-hetero) is 1. The van der Waals surface area contributed by atoms with E-state index in [9.17, 15) is 18.0 Å². The van der Waals surface area contributed by atoms with E-state index in [0.29, 0.717) is 8.95 Å². The molecule has 0 aromatic heterocycles. The van der Waals surface area contributed by atoms with E-state index in [4.69, 9.17) is 4.74 Å². The number of carbonyl (C=O) groups excluding carboxylic acids is 1. The molecule has 1 aliphatic heterocycles. The zero-order valence-corrected chi connectivity index (χ0v) is 11.3. The number of halogens is 5. The molecular weight excluding hydrogens is 369 g/mol. The predicted molar refractivity (Wildman–Crippen MR) is 61.3 cm³/mol. The molecule has 1 aromatic rings. The molecule has 1 aromatic carbocycles. The van der Waals surface area contributed by atoms with Crippen molar-refractivity contribution in [2.24, 2.45) is 0 Å². The Labute approximate surface area is 111 Å². The molecule has 1 aliphatic rings. The Morgan fingerprint density at radius 2 is 1.94 bits per heavy atom. The number of ether oxygens (including phenoxy) is 1. The maximum absolute atomic E-state index is 12.5. The van der Waals surface area contributed by atoms with Crippen molar-refractivity contribution >= 4 is 37.6 Å². The molecule has 0 saturated heterocycles. The minimum atomic E-state index is -4.54. The molecule has 0 radical (unpaired) electrons. The van der Waals surface area contributed by atoms with Crippen LogP contribution in [0.4, 0.5) is 13.2 Å². The van der Waals surface area contributed by atoms with Crippen molar-refractivity contribution in [1.29, 1.82) is 0 Å². The van der Waals surface area contributed by atoms with Gasteiger partial charge in [0, 0.05) is 4.47 Å². The lowest BCUT2D eigenvalue weighted by atomic mass is 10.0. The van der Waals surface area contributed by atoms with Gasteiger partial charge in [0.15, 0.2) is 5.78 Å². The Hall–Kier alpha value is -0.560. The number of hydrogen-bond acceptors (Lipinski definition) is 2. The van der Waals surface area contributed by atoms with Crippen LogP contribution in [0, 0.1) is 0 Å². The van der Waals surface area contributed by atoms with Crippen LogP contribution in [0.5, 0.6) is 5.75 Å². The molecule has 0 amide bonds. The molecule has 0 bridgehead atoms. The molecular formula is C10H5Br2F3O2. The zero-order chi connectivity index (χ0) is 12.8. The lowest BCUT2D eigenvalue weighted by Gasteiger charge is -2.27. The Bertz CT molecular complexity index is 485. The van der Waals surface area contributed by atoms with E-state index in [-0.39, 0.29) is 11.3 Å². The Kier molecular flexibility index (Phi) is 3.24. The normalized spacial score (nSPS) is 19.8. The average Bonchev–Trinajstić information content (AvgIpc) is 2.17. The smallest absolute Gasteiger partial charge is 0.425 e. The second-order valence-corrected chi connectivity index (χ2v) is 5.31. The summed E-state index contributed by atoms with van der Waals surface area (Å²) < 4.78 is 43.3. The third kappa shape index (κ3) is 2.49. The standard InChI is InChI=1S/C10H5Br2F3O2/c11-4-1-5-7(16)3-8(10(13,14)15)17-9(5)6(12)2-4/h1-2,8H,3H2. The summed E-state index contributed by atoms with van der Waals surface area (Å²) in [5.74, 6) is -0.623. The van der Waals surface area contributed by atoms with E-state index >= 15 is 0 Å². The number of ketones is 1. The van der Waals surface area contributed by atoms with Crippen molar-refractivity contribution in [2.75, 3.05) is 0 Å². The fourth-order valence-corrected chi connectivity index (χ4v) is 2.85. The van der Waals surface area contributed by atoms with Gasteiger partial charge < -0.3 is 4.74 Å². The molecule has 0 fully saturated rings. The largest absolute Gasteiger partial charge is 0.479 e. The molecule has 92 valence electrons. The Morgan fingerprint density at radius 3 is 2.53 bits per heavy atom. The van der Waals surface area contributed by atoms with Gasteiger partial charge in [-0.1, -0.05) is 15.9 Å². The molecule has 0 spiro atoms. The van der Waals surface area contributed by atoms with Gasteiger partial charge in [0.1, 0.15) is 5.75 Å². The number of fused-ring (bicyclic) bond motifs is 1. The van der Waals surface area contributed by atoms with Crippen molar-refractivity contribution in [3.05, 3.63) is 26.6 Å². The van der Waals surface area contributed by atoms with E-state index < -0.39 is 24.5 Å². The van der Waals surface area contributed by atoms with E-state index in [1.54, 1.807) is 0 Å². The van der Waals surface area contributed by atoms with Crippen LogP contribution in [0.2, 0.25) is 0 Å². The van der Waals surface area contributed by atoms with Gasteiger partial charge in [0.2, 0.25) is 6.10 Å². The molecule has 0 saturated carbocycles. The van der Waals surface area contributed by atoms with E-state index in [1.807, 2.05) is 0 Å². The van der Waals surface area contributed by atoms with Crippen molar-refractivity contribution in [1.82, 2.24) is 0 Å². The van der Waals surface area contributed by atoms with Crippen LogP contribution >= 0.6 is 31.9 Å². The van der Waals surface area contributed by atoms with Crippen molar-refractivity contribution in [3.63, 3.8) is 0 Å². The molecule has 2 nitrogen and oxygen atoms in total. The van der Waals surface area contributed by atoms with Crippen LogP contribution in [-0.2, 0) is 0 Å². The SMILES string of the molecule is O=C1CC(C(F)(F)F)Oc2c(Br)cc(Br)cc21. The molecule has 1 unspecified atom stereocenters. The number of rotatable bonds is 0. The quantitative estimate of drug-likeness (QED) is 0.684. The van der Waals surface area contributed by atoms with Crippen LogP contribution in [-0.4, -0.2) is 18.1 Å². The Balaban J connectivity index is 2.47. The summed E-state index contributed by atoms with van der Waals surface area (Å²) in [7, 11) is 0. The number of carbonyl (C=O) groups is 1. The number of alkyl halides is 3. The van der Waals surface area contributed by atoms with Gasteiger partial charge in [-0.2, -0.15) is 13.2 Å². The summed E-state index contributed by atoms with van der Waals surface area (Å²) in [6, 6.07) is 2.99. The van der Waals surface area contributed by atoms with Gasteiger partial charge in [-0.3, -0.25) is 4.79 Å². The second-order valence-electron chi connectivity index (χ2n) is 3.54. The van der Waals surface area contributed by atoms with Gasteiger partial charge in [-0.05, 0) is 28.1 Å². The van der Waals surface area contributed by atoms with Crippen LogP contribution in [0.25, 0.3) is 0 Å². The monoisotopic (exact) mass is 372 g/mol. The predicted octanol–water partition coefficient (Wildman–Crippen LogP) is 4.11. The van der Waals surface area contributed by atoms with Gasteiger partial charge in [0.25, 0.3) is 0 Å². The van der Waals surface area contributed by atoms with Gasteiger partial charge in [-0.25, -0.2) is 0 Å². The highest BCUT2D eigenvalue weighted by atomic mass is 79.9. The van der Waals surface area contributed by atoms with E-state index in [2.05, 4.69) is 31.9 Å². The van der Waals surface area contributed by atoms with Crippen LogP contribution in [0.1, 0.15) is 16.8 Å². The first-order chi connectivity index (χ1) is 7.79. The zero-order valence-electron chi connectivity index (χ0n) is 8.15.